The van der Waals surface area contributed by atoms with Crippen LogP contribution in [0.25, 0.3) is 0 Å². The van der Waals surface area contributed by atoms with Gasteiger partial charge < -0.3 is 14.8 Å². The van der Waals surface area contributed by atoms with E-state index >= 15 is 0 Å². The molecule has 30 heavy (non-hydrogen) atoms. The summed E-state index contributed by atoms with van der Waals surface area (Å²) in [6.07, 6.45) is 16.5. The first-order valence-corrected chi connectivity index (χ1v) is 12.4. The van der Waals surface area contributed by atoms with Crippen LogP contribution in [0.2, 0.25) is 0 Å². The number of rotatable bonds is 15. The van der Waals surface area contributed by atoms with Gasteiger partial charge in [-0.05, 0) is 24.7 Å². The summed E-state index contributed by atoms with van der Waals surface area (Å²) in [6.45, 7) is 9.04. The fourth-order valence-electron chi connectivity index (χ4n) is 3.94. The van der Waals surface area contributed by atoms with E-state index in [1.165, 1.54) is 57.8 Å². The van der Waals surface area contributed by atoms with Crippen molar-refractivity contribution in [1.82, 2.24) is 5.32 Å². The van der Waals surface area contributed by atoms with E-state index in [1.54, 1.807) is 0 Å². The van der Waals surface area contributed by atoms with Crippen LogP contribution in [0.15, 0.2) is 0 Å². The van der Waals surface area contributed by atoms with Crippen molar-refractivity contribution in [2.24, 2.45) is 5.41 Å². The van der Waals surface area contributed by atoms with Gasteiger partial charge in [-0.15, -0.1) is 0 Å². The molecule has 176 valence electrons. The molecule has 1 fully saturated rings. The normalized spacial score (nSPS) is 15.7. The molecule has 0 aromatic carbocycles. The van der Waals surface area contributed by atoms with Gasteiger partial charge in [-0.25, -0.2) is 9.59 Å². The number of amides is 1. The summed E-state index contributed by atoms with van der Waals surface area (Å²) >= 11 is 0. The smallest absolute Gasteiger partial charge is 0.408 e. The molecule has 0 unspecified atom stereocenters. The minimum atomic E-state index is -0.896. The fraction of sp³-hybridized carbons (Fsp3) is 0.920. The van der Waals surface area contributed by atoms with E-state index in [4.69, 9.17) is 9.47 Å². The molecule has 5 heteroatoms. The summed E-state index contributed by atoms with van der Waals surface area (Å²) in [5, 5.41) is 2.82. The summed E-state index contributed by atoms with van der Waals surface area (Å²) in [5.74, 6) is -0.292. The molecule has 0 aromatic rings. The van der Waals surface area contributed by atoms with Crippen molar-refractivity contribution in [3.05, 3.63) is 0 Å². The maximum atomic E-state index is 12.7. The van der Waals surface area contributed by atoms with Crippen LogP contribution in [0.5, 0.6) is 0 Å². The predicted molar refractivity (Wildman–Crippen MR) is 123 cm³/mol. The number of unbranched alkanes of at least 4 members (excludes halogenated alkanes) is 10. The third-order valence-corrected chi connectivity index (χ3v) is 5.81. The van der Waals surface area contributed by atoms with E-state index in [0.29, 0.717) is 26.1 Å². The molecule has 0 radical (unpaired) electrons. The molecule has 1 rings (SSSR count). The Morgan fingerprint density at radius 1 is 0.800 bits per heavy atom. The molecule has 1 amide bonds. The summed E-state index contributed by atoms with van der Waals surface area (Å²) in [4.78, 5) is 24.9. The minimum Gasteiger partial charge on any atom is -0.464 e. The minimum absolute atomic E-state index is 0.101. The van der Waals surface area contributed by atoms with Crippen molar-refractivity contribution >= 4 is 12.1 Å². The van der Waals surface area contributed by atoms with Crippen LogP contribution in [0.1, 0.15) is 124 Å². The van der Waals surface area contributed by atoms with E-state index < -0.39 is 11.6 Å². The quantitative estimate of drug-likeness (QED) is 0.228. The Labute approximate surface area is 185 Å². The van der Waals surface area contributed by atoms with Gasteiger partial charge in [-0.3, -0.25) is 0 Å². The number of esters is 1. The number of nitrogens with one attached hydrogen (secondary N) is 1. The van der Waals surface area contributed by atoms with Crippen molar-refractivity contribution in [3.63, 3.8) is 0 Å². The fourth-order valence-corrected chi connectivity index (χ4v) is 3.94. The van der Waals surface area contributed by atoms with Crippen molar-refractivity contribution < 1.29 is 19.1 Å². The van der Waals surface area contributed by atoms with Gasteiger partial charge in [0.15, 0.2) is 0 Å². The number of hydrogen-bond acceptors (Lipinski definition) is 4. The van der Waals surface area contributed by atoms with Gasteiger partial charge in [0.05, 0.1) is 13.2 Å². The number of ether oxygens (including phenoxy) is 2. The highest BCUT2D eigenvalue weighted by Crippen LogP contribution is 2.31. The number of carbonyl (C=O) groups is 2. The Bertz CT molecular complexity index is 478. The van der Waals surface area contributed by atoms with E-state index in [0.717, 1.165) is 25.7 Å². The Hall–Kier alpha value is -1.26. The summed E-state index contributed by atoms with van der Waals surface area (Å²) in [7, 11) is 0. The molecule has 0 spiro atoms. The second-order valence-corrected chi connectivity index (χ2v) is 10.2. The van der Waals surface area contributed by atoms with Crippen LogP contribution < -0.4 is 5.32 Å². The Morgan fingerprint density at radius 2 is 1.30 bits per heavy atom. The highest BCUT2D eigenvalue weighted by Gasteiger charge is 2.44. The van der Waals surface area contributed by atoms with Gasteiger partial charge in [0.2, 0.25) is 0 Å². The summed E-state index contributed by atoms with van der Waals surface area (Å²) in [6, 6.07) is 0. The molecule has 0 saturated heterocycles. The average Bonchev–Trinajstić information content (AvgIpc) is 3.16. The zero-order valence-corrected chi connectivity index (χ0v) is 20.2. The van der Waals surface area contributed by atoms with Crippen LogP contribution in [0.4, 0.5) is 4.79 Å². The van der Waals surface area contributed by atoms with Crippen molar-refractivity contribution in [1.29, 1.82) is 0 Å². The third-order valence-electron chi connectivity index (χ3n) is 5.81. The Kier molecular flexibility index (Phi) is 13.1. The molecule has 0 aliphatic heterocycles. The second kappa shape index (κ2) is 14.7. The van der Waals surface area contributed by atoms with Crippen LogP contribution in [0.3, 0.4) is 0 Å². The standard InChI is InChI=1S/C25H47NO4/c1-5-6-7-8-9-10-11-12-13-14-17-20-29-22(27)25(18-15-16-19-25)26-23(28)30-21-24(2,3)4/h5-21H2,1-4H3,(H,26,28). The van der Waals surface area contributed by atoms with E-state index in [9.17, 15) is 9.59 Å². The second-order valence-electron chi connectivity index (χ2n) is 10.2. The first kappa shape index (κ1) is 26.8. The van der Waals surface area contributed by atoms with Gasteiger partial charge in [0.25, 0.3) is 0 Å². The first-order valence-electron chi connectivity index (χ1n) is 12.4. The summed E-state index contributed by atoms with van der Waals surface area (Å²) < 4.78 is 10.9. The predicted octanol–water partition coefficient (Wildman–Crippen LogP) is 6.93. The van der Waals surface area contributed by atoms with E-state index in [2.05, 4.69) is 12.2 Å². The molecule has 1 saturated carbocycles. The molecule has 0 atom stereocenters. The van der Waals surface area contributed by atoms with Crippen LogP contribution in [-0.2, 0) is 14.3 Å². The van der Waals surface area contributed by atoms with Crippen molar-refractivity contribution in [2.45, 2.75) is 130 Å². The van der Waals surface area contributed by atoms with E-state index in [-0.39, 0.29) is 11.4 Å². The topological polar surface area (TPSA) is 64.6 Å². The summed E-state index contributed by atoms with van der Waals surface area (Å²) in [5.41, 5.74) is -0.998. The molecule has 1 N–H and O–H groups in total. The molecular formula is C25H47NO4. The number of hydrogen-bond donors (Lipinski definition) is 1. The largest absolute Gasteiger partial charge is 0.464 e. The number of alkyl carbamates (subject to hydrolysis) is 1. The Morgan fingerprint density at radius 3 is 1.80 bits per heavy atom. The lowest BCUT2D eigenvalue weighted by atomic mass is 9.98. The lowest BCUT2D eigenvalue weighted by Gasteiger charge is -2.28. The molecule has 0 aromatic heterocycles. The Balaban J connectivity index is 2.16. The van der Waals surface area contributed by atoms with E-state index in [1.807, 2.05) is 20.8 Å². The number of carbonyl (C=O) groups excluding carboxylic acids is 2. The van der Waals surface area contributed by atoms with Crippen LogP contribution >= 0.6 is 0 Å². The SMILES string of the molecule is CCCCCCCCCCCCCOC(=O)C1(NC(=O)OCC(C)(C)C)CCCC1. The third kappa shape index (κ3) is 11.8. The lowest BCUT2D eigenvalue weighted by Crippen LogP contribution is -2.53. The van der Waals surface area contributed by atoms with Crippen LogP contribution in [0, 0.1) is 5.41 Å². The van der Waals surface area contributed by atoms with Crippen molar-refractivity contribution in [3.8, 4) is 0 Å². The lowest BCUT2D eigenvalue weighted by molar-refractivity contribution is -0.151. The zero-order chi connectivity index (χ0) is 22.3. The maximum Gasteiger partial charge on any atom is 0.408 e. The average molecular weight is 426 g/mol. The molecule has 5 nitrogen and oxygen atoms in total. The van der Waals surface area contributed by atoms with Crippen LogP contribution in [-0.4, -0.2) is 30.8 Å². The molecule has 0 heterocycles. The molecule has 0 bridgehead atoms. The molecular weight excluding hydrogens is 378 g/mol. The highest BCUT2D eigenvalue weighted by atomic mass is 16.6. The van der Waals surface area contributed by atoms with Gasteiger partial charge in [0.1, 0.15) is 5.54 Å². The maximum absolute atomic E-state index is 12.7. The highest BCUT2D eigenvalue weighted by molar-refractivity contribution is 5.86. The molecule has 1 aliphatic rings. The first-order chi connectivity index (χ1) is 14.3. The van der Waals surface area contributed by atoms with Crippen molar-refractivity contribution in [2.75, 3.05) is 13.2 Å². The van der Waals surface area contributed by atoms with Gasteiger partial charge in [-0.2, -0.15) is 0 Å². The monoisotopic (exact) mass is 425 g/mol. The van der Waals surface area contributed by atoms with Gasteiger partial charge in [-0.1, -0.05) is 105 Å². The zero-order valence-electron chi connectivity index (χ0n) is 20.2. The molecule has 1 aliphatic carbocycles. The van der Waals surface area contributed by atoms with Gasteiger partial charge in [0, 0.05) is 0 Å². The van der Waals surface area contributed by atoms with Gasteiger partial charge >= 0.3 is 12.1 Å².